The maximum absolute atomic E-state index is 11.9. The highest BCUT2D eigenvalue weighted by atomic mass is 16.4. The third-order valence-electron chi connectivity index (χ3n) is 4.38. The minimum absolute atomic E-state index is 0.140. The molecule has 0 aromatic rings. The summed E-state index contributed by atoms with van der Waals surface area (Å²) in [5.41, 5.74) is 0. The van der Waals surface area contributed by atoms with Crippen LogP contribution in [-0.2, 0) is 4.79 Å². The summed E-state index contributed by atoms with van der Waals surface area (Å²) in [6.45, 7) is 3.33. The first kappa shape index (κ1) is 14.1. The number of rotatable bonds is 4. The van der Waals surface area contributed by atoms with Crippen LogP contribution in [-0.4, -0.2) is 52.9 Å². The quantitative estimate of drug-likeness (QED) is 0.694. The van der Waals surface area contributed by atoms with Gasteiger partial charge < -0.3 is 20.4 Å². The second-order valence-corrected chi connectivity index (χ2v) is 5.73. The zero-order valence-electron chi connectivity index (χ0n) is 11.2. The summed E-state index contributed by atoms with van der Waals surface area (Å²) >= 11 is 0. The number of fused-ring (bicyclic) bond motifs is 1. The molecular formula is C13H22N2O4. The van der Waals surface area contributed by atoms with Crippen molar-refractivity contribution in [3.8, 4) is 0 Å². The Morgan fingerprint density at radius 1 is 1.37 bits per heavy atom. The summed E-state index contributed by atoms with van der Waals surface area (Å²) < 4.78 is 0. The third kappa shape index (κ3) is 3.18. The number of hydrogen-bond acceptors (Lipinski definition) is 3. The third-order valence-corrected chi connectivity index (χ3v) is 4.38. The van der Waals surface area contributed by atoms with Gasteiger partial charge in [-0.25, -0.2) is 4.79 Å². The van der Waals surface area contributed by atoms with Crippen LogP contribution in [0.5, 0.6) is 0 Å². The SMILES string of the molecule is CC(CCNC(=O)N1CC2CCC(O)C2C1)C(=O)O. The zero-order valence-corrected chi connectivity index (χ0v) is 11.2. The lowest BCUT2D eigenvalue weighted by atomic mass is 10.00. The molecule has 0 bridgehead atoms. The number of aliphatic hydroxyl groups is 1. The summed E-state index contributed by atoms with van der Waals surface area (Å²) in [7, 11) is 0. The van der Waals surface area contributed by atoms with Crippen molar-refractivity contribution in [3.05, 3.63) is 0 Å². The fourth-order valence-corrected chi connectivity index (χ4v) is 3.03. The smallest absolute Gasteiger partial charge is 0.317 e. The Kier molecular flexibility index (Phi) is 4.29. The topological polar surface area (TPSA) is 89.9 Å². The number of nitrogens with zero attached hydrogens (tertiary/aromatic N) is 1. The number of aliphatic hydroxyl groups excluding tert-OH is 1. The van der Waals surface area contributed by atoms with E-state index in [1.807, 2.05) is 0 Å². The maximum Gasteiger partial charge on any atom is 0.317 e. The summed E-state index contributed by atoms with van der Waals surface area (Å²) in [6, 6.07) is -0.140. The van der Waals surface area contributed by atoms with Crippen molar-refractivity contribution in [1.29, 1.82) is 0 Å². The molecule has 19 heavy (non-hydrogen) atoms. The number of hydrogen-bond donors (Lipinski definition) is 3. The van der Waals surface area contributed by atoms with Gasteiger partial charge in [-0.2, -0.15) is 0 Å². The van der Waals surface area contributed by atoms with Crippen molar-refractivity contribution < 1.29 is 19.8 Å². The normalized spacial score (nSPS) is 31.1. The van der Waals surface area contributed by atoms with Gasteiger partial charge in [-0.15, -0.1) is 0 Å². The van der Waals surface area contributed by atoms with E-state index in [-0.39, 0.29) is 18.1 Å². The molecule has 2 fully saturated rings. The van der Waals surface area contributed by atoms with E-state index in [1.165, 1.54) is 0 Å². The second-order valence-electron chi connectivity index (χ2n) is 5.73. The molecule has 2 rings (SSSR count). The van der Waals surface area contributed by atoms with Crippen LogP contribution in [0.1, 0.15) is 26.2 Å². The van der Waals surface area contributed by atoms with E-state index in [4.69, 9.17) is 5.11 Å². The molecule has 0 spiro atoms. The molecule has 6 heteroatoms. The Balaban J connectivity index is 1.72. The van der Waals surface area contributed by atoms with E-state index in [1.54, 1.807) is 11.8 Å². The lowest BCUT2D eigenvalue weighted by molar-refractivity contribution is -0.141. The average molecular weight is 270 g/mol. The number of carboxylic acid groups (broad SMARTS) is 1. The molecule has 108 valence electrons. The Labute approximate surface area is 112 Å². The second kappa shape index (κ2) is 5.77. The van der Waals surface area contributed by atoms with Crippen molar-refractivity contribution >= 4 is 12.0 Å². The summed E-state index contributed by atoms with van der Waals surface area (Å²) in [5.74, 6) is -0.629. The summed E-state index contributed by atoms with van der Waals surface area (Å²) in [5, 5.41) is 21.3. The van der Waals surface area contributed by atoms with Crippen molar-refractivity contribution in [3.63, 3.8) is 0 Å². The van der Waals surface area contributed by atoms with Crippen LogP contribution in [0.4, 0.5) is 4.79 Å². The molecule has 1 saturated carbocycles. The Hall–Kier alpha value is -1.30. The maximum atomic E-state index is 11.9. The van der Waals surface area contributed by atoms with Gasteiger partial charge in [0.2, 0.25) is 0 Å². The largest absolute Gasteiger partial charge is 0.481 e. The lowest BCUT2D eigenvalue weighted by Crippen LogP contribution is -2.40. The first-order valence-electron chi connectivity index (χ1n) is 6.92. The Bertz CT molecular complexity index is 361. The monoisotopic (exact) mass is 270 g/mol. The fraction of sp³-hybridized carbons (Fsp3) is 0.846. The van der Waals surface area contributed by atoms with Crippen LogP contribution in [0, 0.1) is 17.8 Å². The molecule has 1 aliphatic carbocycles. The van der Waals surface area contributed by atoms with E-state index >= 15 is 0 Å². The molecule has 1 heterocycles. The van der Waals surface area contributed by atoms with Crippen LogP contribution >= 0.6 is 0 Å². The van der Waals surface area contributed by atoms with E-state index in [0.29, 0.717) is 32.0 Å². The zero-order chi connectivity index (χ0) is 14.0. The number of aliphatic carboxylic acids is 1. The number of amides is 2. The van der Waals surface area contributed by atoms with Crippen LogP contribution < -0.4 is 5.32 Å². The Morgan fingerprint density at radius 3 is 2.74 bits per heavy atom. The molecule has 4 atom stereocenters. The molecule has 2 aliphatic rings. The molecular weight excluding hydrogens is 248 g/mol. The molecule has 4 unspecified atom stereocenters. The number of nitrogens with one attached hydrogen (secondary N) is 1. The van der Waals surface area contributed by atoms with E-state index in [9.17, 15) is 14.7 Å². The average Bonchev–Trinajstić information content (AvgIpc) is 2.91. The first-order chi connectivity index (χ1) is 8.99. The number of urea groups is 1. The van der Waals surface area contributed by atoms with Crippen LogP contribution in [0.15, 0.2) is 0 Å². The number of carbonyl (C=O) groups is 2. The Morgan fingerprint density at radius 2 is 2.11 bits per heavy atom. The van der Waals surface area contributed by atoms with Gasteiger partial charge >= 0.3 is 12.0 Å². The van der Waals surface area contributed by atoms with E-state index < -0.39 is 11.9 Å². The lowest BCUT2D eigenvalue weighted by Gasteiger charge is -2.19. The minimum Gasteiger partial charge on any atom is -0.481 e. The number of likely N-dealkylation sites (tertiary alicyclic amines) is 1. The fourth-order valence-electron chi connectivity index (χ4n) is 3.03. The van der Waals surface area contributed by atoms with Gasteiger partial charge in [-0.05, 0) is 25.2 Å². The number of carbonyl (C=O) groups excluding carboxylic acids is 1. The van der Waals surface area contributed by atoms with Crippen molar-refractivity contribution in [2.24, 2.45) is 17.8 Å². The molecule has 3 N–H and O–H groups in total. The highest BCUT2D eigenvalue weighted by molar-refractivity contribution is 5.74. The summed E-state index contributed by atoms with van der Waals surface area (Å²) in [4.78, 5) is 24.3. The predicted octanol–water partition coefficient (Wildman–Crippen LogP) is 0.509. The van der Waals surface area contributed by atoms with Crippen LogP contribution in [0.25, 0.3) is 0 Å². The molecule has 6 nitrogen and oxygen atoms in total. The molecule has 1 aliphatic heterocycles. The minimum atomic E-state index is -0.840. The molecule has 0 aromatic carbocycles. The van der Waals surface area contributed by atoms with Gasteiger partial charge in [0.15, 0.2) is 0 Å². The predicted molar refractivity (Wildman–Crippen MR) is 68.6 cm³/mol. The van der Waals surface area contributed by atoms with Crippen molar-refractivity contribution in [1.82, 2.24) is 10.2 Å². The van der Waals surface area contributed by atoms with Gasteiger partial charge in [0, 0.05) is 25.6 Å². The number of carboxylic acids is 1. The molecule has 2 amide bonds. The molecule has 0 radical (unpaired) electrons. The highest BCUT2D eigenvalue weighted by Gasteiger charge is 2.43. The van der Waals surface area contributed by atoms with Gasteiger partial charge in [0.25, 0.3) is 0 Å². The van der Waals surface area contributed by atoms with Crippen LogP contribution in [0.2, 0.25) is 0 Å². The molecule has 0 aromatic heterocycles. The van der Waals surface area contributed by atoms with Gasteiger partial charge in [-0.3, -0.25) is 4.79 Å². The van der Waals surface area contributed by atoms with E-state index in [0.717, 1.165) is 12.8 Å². The standard InChI is InChI=1S/C13H22N2O4/c1-8(12(17)18)4-5-14-13(19)15-6-9-2-3-11(16)10(9)7-15/h8-11,16H,2-7H2,1H3,(H,14,19)(H,17,18). The van der Waals surface area contributed by atoms with E-state index in [2.05, 4.69) is 5.32 Å². The van der Waals surface area contributed by atoms with Gasteiger partial charge in [0.1, 0.15) is 0 Å². The van der Waals surface area contributed by atoms with Crippen LogP contribution in [0.3, 0.4) is 0 Å². The first-order valence-corrected chi connectivity index (χ1v) is 6.92. The summed E-state index contributed by atoms with van der Waals surface area (Å²) in [6.07, 6.45) is 2.01. The molecule has 1 saturated heterocycles. The van der Waals surface area contributed by atoms with Gasteiger partial charge in [0.05, 0.1) is 12.0 Å². The van der Waals surface area contributed by atoms with Crippen molar-refractivity contribution in [2.45, 2.75) is 32.3 Å². The van der Waals surface area contributed by atoms with Crippen molar-refractivity contribution in [2.75, 3.05) is 19.6 Å². The van der Waals surface area contributed by atoms with Gasteiger partial charge in [-0.1, -0.05) is 6.92 Å². The highest BCUT2D eigenvalue weighted by Crippen LogP contribution is 2.37.